The fraction of sp³-hybridized carbons (Fsp3) is 0.577. The monoisotopic (exact) mass is 447 g/mol. The Hall–Kier alpha value is -2.83. The standard InChI is InChI=1S/C26H29N3O4/c1-22(2)8-6-14-10-15-16(11-17(14)33-22)27-20(31)25(15)13-26-18(23(25,3)4)12-24(19(30)28-26)7-5-9-29(24)21(26)32/h6,8,10-11,18H,5,7,9,12-13H2,1-4H3,(H,27,31)(H,28,30)/t18-,24-,25-,26-/m0/s1. The molecule has 5 fully saturated rings. The second-order valence-corrected chi connectivity index (χ2v) is 12.0. The molecule has 3 amide bonds. The molecule has 7 heteroatoms. The van der Waals surface area contributed by atoms with Crippen LogP contribution >= 0.6 is 0 Å². The van der Waals surface area contributed by atoms with Crippen molar-refractivity contribution in [2.24, 2.45) is 11.3 Å². The second-order valence-electron chi connectivity index (χ2n) is 12.0. The summed E-state index contributed by atoms with van der Waals surface area (Å²) in [4.78, 5) is 42.9. The lowest BCUT2D eigenvalue weighted by Crippen LogP contribution is -2.81. The Morgan fingerprint density at radius 1 is 1.09 bits per heavy atom. The molecule has 1 aromatic rings. The zero-order valence-corrected chi connectivity index (χ0v) is 19.5. The maximum Gasteiger partial charge on any atom is 0.249 e. The van der Waals surface area contributed by atoms with Crippen LogP contribution < -0.4 is 15.4 Å². The minimum absolute atomic E-state index is 0.00462. The first-order chi connectivity index (χ1) is 15.5. The van der Waals surface area contributed by atoms with Crippen LogP contribution in [-0.4, -0.2) is 45.8 Å². The lowest BCUT2D eigenvalue weighted by atomic mass is 9.57. The van der Waals surface area contributed by atoms with E-state index in [0.29, 0.717) is 25.8 Å². The number of nitrogens with zero attached hydrogens (tertiary/aromatic N) is 1. The third-order valence-electron chi connectivity index (χ3n) is 9.81. The highest BCUT2D eigenvalue weighted by Crippen LogP contribution is 2.70. The maximum absolute atomic E-state index is 13.9. The molecule has 7 nitrogen and oxygen atoms in total. The number of fused-ring (bicyclic) bond motifs is 4. The van der Waals surface area contributed by atoms with Crippen molar-refractivity contribution < 1.29 is 19.1 Å². The number of anilines is 1. The maximum atomic E-state index is 13.9. The van der Waals surface area contributed by atoms with Gasteiger partial charge in [-0.2, -0.15) is 0 Å². The average Bonchev–Trinajstić information content (AvgIpc) is 3.34. The molecule has 1 aliphatic carbocycles. The van der Waals surface area contributed by atoms with Crippen molar-refractivity contribution in [3.8, 4) is 5.75 Å². The second kappa shape index (κ2) is 5.29. The van der Waals surface area contributed by atoms with Gasteiger partial charge in [-0.3, -0.25) is 14.4 Å². The van der Waals surface area contributed by atoms with Crippen molar-refractivity contribution in [3.63, 3.8) is 0 Å². The summed E-state index contributed by atoms with van der Waals surface area (Å²) in [6.45, 7) is 8.86. The van der Waals surface area contributed by atoms with Crippen LogP contribution in [0.5, 0.6) is 5.75 Å². The smallest absolute Gasteiger partial charge is 0.249 e. The highest BCUT2D eigenvalue weighted by Gasteiger charge is 2.80. The zero-order valence-electron chi connectivity index (χ0n) is 19.5. The highest BCUT2D eigenvalue weighted by molar-refractivity contribution is 6.11. The Kier molecular flexibility index (Phi) is 3.14. The first-order valence-corrected chi connectivity index (χ1v) is 12.0. The number of hydrogen-bond acceptors (Lipinski definition) is 4. The molecule has 1 aromatic carbocycles. The van der Waals surface area contributed by atoms with Gasteiger partial charge in [0.15, 0.2) is 0 Å². The van der Waals surface area contributed by atoms with Gasteiger partial charge in [0, 0.05) is 29.8 Å². The molecule has 3 spiro atoms. The number of ether oxygens (including phenoxy) is 1. The summed E-state index contributed by atoms with van der Waals surface area (Å²) in [5, 5.41) is 6.31. The van der Waals surface area contributed by atoms with Crippen molar-refractivity contribution >= 4 is 29.5 Å². The number of nitrogens with one attached hydrogen (secondary N) is 2. The Morgan fingerprint density at radius 3 is 2.67 bits per heavy atom. The van der Waals surface area contributed by atoms with E-state index in [1.165, 1.54) is 0 Å². The Labute approximate surface area is 192 Å². The number of piperidine rings is 2. The van der Waals surface area contributed by atoms with Gasteiger partial charge in [0.2, 0.25) is 17.7 Å². The van der Waals surface area contributed by atoms with Gasteiger partial charge in [-0.05, 0) is 62.7 Å². The molecule has 4 saturated heterocycles. The quantitative estimate of drug-likeness (QED) is 0.640. The molecule has 2 bridgehead atoms. The molecule has 0 radical (unpaired) electrons. The van der Waals surface area contributed by atoms with Crippen LogP contribution in [0.4, 0.5) is 5.69 Å². The Morgan fingerprint density at radius 2 is 1.88 bits per heavy atom. The van der Waals surface area contributed by atoms with E-state index in [1.807, 2.05) is 30.9 Å². The molecule has 2 N–H and O–H groups in total. The van der Waals surface area contributed by atoms with Gasteiger partial charge in [0.05, 0.1) is 5.41 Å². The predicted molar refractivity (Wildman–Crippen MR) is 122 cm³/mol. The highest BCUT2D eigenvalue weighted by atomic mass is 16.5. The minimum Gasteiger partial charge on any atom is -0.483 e. The zero-order chi connectivity index (χ0) is 23.2. The van der Waals surface area contributed by atoms with Crippen molar-refractivity contribution in [3.05, 3.63) is 29.3 Å². The van der Waals surface area contributed by atoms with Gasteiger partial charge in [-0.25, -0.2) is 0 Å². The van der Waals surface area contributed by atoms with E-state index in [2.05, 4.69) is 36.6 Å². The first kappa shape index (κ1) is 19.6. The van der Waals surface area contributed by atoms with Crippen LogP contribution in [0.3, 0.4) is 0 Å². The average molecular weight is 448 g/mol. The van der Waals surface area contributed by atoms with E-state index in [4.69, 9.17) is 4.74 Å². The topological polar surface area (TPSA) is 87.7 Å². The van der Waals surface area contributed by atoms with Gasteiger partial charge in [0.25, 0.3) is 0 Å². The van der Waals surface area contributed by atoms with E-state index in [0.717, 1.165) is 29.0 Å². The first-order valence-electron chi connectivity index (χ1n) is 12.0. The molecule has 0 unspecified atom stereocenters. The van der Waals surface area contributed by atoms with Crippen LogP contribution in [0.15, 0.2) is 18.2 Å². The molecule has 7 aliphatic rings. The molecule has 172 valence electrons. The van der Waals surface area contributed by atoms with Crippen LogP contribution in [0, 0.1) is 11.3 Å². The number of rotatable bonds is 0. The van der Waals surface area contributed by atoms with Crippen LogP contribution in [0.1, 0.15) is 64.5 Å². The third kappa shape index (κ3) is 1.91. The summed E-state index contributed by atoms with van der Waals surface area (Å²) >= 11 is 0. The summed E-state index contributed by atoms with van der Waals surface area (Å²) in [7, 11) is 0. The largest absolute Gasteiger partial charge is 0.483 e. The van der Waals surface area contributed by atoms with E-state index in [1.54, 1.807) is 0 Å². The van der Waals surface area contributed by atoms with Crippen molar-refractivity contribution in [2.45, 2.75) is 75.5 Å². The van der Waals surface area contributed by atoms with Gasteiger partial charge < -0.3 is 20.3 Å². The normalized spacial score (nSPS) is 40.2. The number of carbonyl (C=O) groups is 3. The third-order valence-corrected chi connectivity index (χ3v) is 9.81. The number of amides is 3. The van der Waals surface area contributed by atoms with Crippen LogP contribution in [0.25, 0.3) is 6.08 Å². The molecular weight excluding hydrogens is 418 g/mol. The molecule has 6 heterocycles. The van der Waals surface area contributed by atoms with Gasteiger partial charge in [0.1, 0.15) is 22.4 Å². The molecular formula is C26H29N3O4. The van der Waals surface area contributed by atoms with Crippen molar-refractivity contribution in [2.75, 3.05) is 11.9 Å². The predicted octanol–water partition coefficient (Wildman–Crippen LogP) is 2.74. The summed E-state index contributed by atoms with van der Waals surface area (Å²) in [6.07, 6.45) is 6.55. The molecule has 33 heavy (non-hydrogen) atoms. The van der Waals surface area contributed by atoms with Crippen molar-refractivity contribution in [1.82, 2.24) is 10.2 Å². The van der Waals surface area contributed by atoms with Crippen molar-refractivity contribution in [1.29, 1.82) is 0 Å². The Bertz CT molecular complexity index is 1230. The summed E-state index contributed by atoms with van der Waals surface area (Å²) in [6, 6.07) is 3.98. The van der Waals surface area contributed by atoms with E-state index in [9.17, 15) is 14.4 Å². The molecule has 1 saturated carbocycles. The summed E-state index contributed by atoms with van der Waals surface area (Å²) in [5.74, 6) is 0.522. The summed E-state index contributed by atoms with van der Waals surface area (Å²) in [5.41, 5.74) is -1.03. The molecule has 8 rings (SSSR count). The fourth-order valence-electron chi connectivity index (χ4n) is 8.18. The SMILES string of the molecule is CC1(C)C=Cc2cc3c(cc2O1)NC(=O)[C@]31C[C@@]23NC(=O)[C@]4(CCCN4C2=O)C[C@H]3C1(C)C. The number of benzene rings is 1. The lowest BCUT2D eigenvalue weighted by Gasteiger charge is -2.59. The van der Waals surface area contributed by atoms with Gasteiger partial charge >= 0.3 is 0 Å². The molecule has 0 aromatic heterocycles. The van der Waals surface area contributed by atoms with E-state index < -0.39 is 27.5 Å². The fourth-order valence-corrected chi connectivity index (χ4v) is 8.18. The van der Waals surface area contributed by atoms with E-state index >= 15 is 0 Å². The van der Waals surface area contributed by atoms with Crippen LogP contribution in [-0.2, 0) is 19.8 Å². The van der Waals surface area contributed by atoms with Gasteiger partial charge in [-0.15, -0.1) is 0 Å². The Balaban J connectivity index is 1.43. The molecule has 4 atom stereocenters. The number of hydrogen-bond donors (Lipinski definition) is 2. The minimum atomic E-state index is -1.03. The van der Waals surface area contributed by atoms with Crippen LogP contribution in [0.2, 0.25) is 0 Å². The number of piperazine rings is 1. The number of carbonyl (C=O) groups excluding carboxylic acids is 3. The van der Waals surface area contributed by atoms with Gasteiger partial charge in [-0.1, -0.05) is 19.9 Å². The summed E-state index contributed by atoms with van der Waals surface area (Å²) < 4.78 is 6.15. The molecule has 6 aliphatic heterocycles. The van der Waals surface area contributed by atoms with E-state index in [-0.39, 0.29) is 23.6 Å². The lowest BCUT2D eigenvalue weighted by molar-refractivity contribution is -0.175.